The lowest BCUT2D eigenvalue weighted by Crippen LogP contribution is -2.54. The van der Waals surface area contributed by atoms with Gasteiger partial charge in [0.05, 0.1) is 13.2 Å². The van der Waals surface area contributed by atoms with Crippen LogP contribution in [-0.4, -0.2) is 79.1 Å². The van der Waals surface area contributed by atoms with Gasteiger partial charge in [-0.2, -0.15) is 0 Å². The van der Waals surface area contributed by atoms with Gasteiger partial charge in [0.2, 0.25) is 5.91 Å². The highest BCUT2D eigenvalue weighted by atomic mass is 19.1. The zero-order valence-corrected chi connectivity index (χ0v) is 15.2. The van der Waals surface area contributed by atoms with Crippen molar-refractivity contribution in [3.05, 3.63) is 29.6 Å². The van der Waals surface area contributed by atoms with Gasteiger partial charge in [0.15, 0.2) is 0 Å². The number of hydrogen-bond donors (Lipinski definition) is 1. The first-order chi connectivity index (χ1) is 12.5. The molecule has 2 heterocycles. The quantitative estimate of drug-likeness (QED) is 0.841. The third kappa shape index (κ3) is 3.96. The van der Waals surface area contributed by atoms with Crippen LogP contribution in [0.15, 0.2) is 18.2 Å². The van der Waals surface area contributed by atoms with Crippen molar-refractivity contribution < 1.29 is 18.7 Å². The fourth-order valence-corrected chi connectivity index (χ4v) is 3.48. The smallest absolute Gasteiger partial charge is 0.324 e. The molecular formula is C18H25FN4O3. The third-order valence-electron chi connectivity index (χ3n) is 5.07. The third-order valence-corrected chi connectivity index (χ3v) is 5.07. The Morgan fingerprint density at radius 1 is 1.27 bits per heavy atom. The molecule has 1 aromatic carbocycles. The average molecular weight is 364 g/mol. The summed E-state index contributed by atoms with van der Waals surface area (Å²) in [6.45, 7) is 6.37. The number of nitrogens with zero attached hydrogens (tertiary/aromatic N) is 3. The Bertz CT molecular complexity index is 676. The number of amides is 3. The Hall–Kier alpha value is -2.19. The summed E-state index contributed by atoms with van der Waals surface area (Å²) in [7, 11) is 1.58. The first-order valence-electron chi connectivity index (χ1n) is 8.87. The molecule has 0 bridgehead atoms. The zero-order valence-electron chi connectivity index (χ0n) is 15.2. The van der Waals surface area contributed by atoms with E-state index in [0.717, 1.165) is 31.7 Å². The molecule has 26 heavy (non-hydrogen) atoms. The number of rotatable bonds is 5. The van der Waals surface area contributed by atoms with Gasteiger partial charge in [-0.1, -0.05) is 0 Å². The number of hydrogen-bond acceptors (Lipinski definition) is 5. The summed E-state index contributed by atoms with van der Waals surface area (Å²) in [5, 5.41) is 2.65. The summed E-state index contributed by atoms with van der Waals surface area (Å²) in [6.07, 6.45) is 0. The van der Waals surface area contributed by atoms with Crippen LogP contribution in [0.3, 0.4) is 0 Å². The first-order valence-corrected chi connectivity index (χ1v) is 8.87. The molecule has 0 radical (unpaired) electrons. The van der Waals surface area contributed by atoms with E-state index in [1.807, 2.05) is 6.92 Å². The summed E-state index contributed by atoms with van der Waals surface area (Å²) in [5.74, 6) is 0.250. The van der Waals surface area contributed by atoms with Crippen molar-refractivity contribution in [3.63, 3.8) is 0 Å². The van der Waals surface area contributed by atoms with Gasteiger partial charge in [-0.05, 0) is 25.1 Å². The molecule has 1 atom stereocenters. The molecule has 0 saturated carbocycles. The lowest BCUT2D eigenvalue weighted by atomic mass is 10.1. The number of methoxy groups -OCH3 is 1. The van der Waals surface area contributed by atoms with E-state index in [0.29, 0.717) is 25.4 Å². The molecular weight excluding hydrogens is 339 g/mol. The van der Waals surface area contributed by atoms with E-state index < -0.39 is 0 Å². The average Bonchev–Trinajstić information content (AvgIpc) is 3.07. The number of ether oxygens (including phenoxy) is 1. The van der Waals surface area contributed by atoms with Gasteiger partial charge < -0.3 is 10.1 Å². The van der Waals surface area contributed by atoms with E-state index in [1.165, 1.54) is 17.0 Å². The van der Waals surface area contributed by atoms with Crippen molar-refractivity contribution in [3.8, 4) is 5.75 Å². The highest BCUT2D eigenvalue weighted by molar-refractivity contribution is 5.98. The van der Waals surface area contributed by atoms with Crippen LogP contribution in [0.5, 0.6) is 5.75 Å². The number of benzene rings is 1. The first kappa shape index (κ1) is 18.6. The minimum atomic E-state index is -0.329. The van der Waals surface area contributed by atoms with E-state index >= 15 is 0 Å². The number of piperazine rings is 1. The Labute approximate surface area is 152 Å². The molecule has 2 saturated heterocycles. The molecule has 0 unspecified atom stereocenters. The predicted octanol–water partition coefficient (Wildman–Crippen LogP) is 0.892. The van der Waals surface area contributed by atoms with Crippen LogP contribution >= 0.6 is 0 Å². The van der Waals surface area contributed by atoms with E-state index in [4.69, 9.17) is 4.74 Å². The summed E-state index contributed by atoms with van der Waals surface area (Å²) in [6, 6.07) is 3.90. The number of imide groups is 1. The largest absolute Gasteiger partial charge is 0.496 e. The lowest BCUT2D eigenvalue weighted by Gasteiger charge is -2.38. The van der Waals surface area contributed by atoms with Crippen LogP contribution < -0.4 is 10.1 Å². The molecule has 0 aromatic heterocycles. The van der Waals surface area contributed by atoms with Gasteiger partial charge in [0.1, 0.15) is 11.6 Å². The normalized spacial score (nSPS) is 20.1. The summed E-state index contributed by atoms with van der Waals surface area (Å²) in [4.78, 5) is 29.8. The lowest BCUT2D eigenvalue weighted by molar-refractivity contribution is -0.133. The van der Waals surface area contributed by atoms with Crippen molar-refractivity contribution in [1.29, 1.82) is 0 Å². The molecule has 3 amide bonds. The number of urea groups is 1. The maximum Gasteiger partial charge on any atom is 0.324 e. The summed E-state index contributed by atoms with van der Waals surface area (Å²) >= 11 is 0. The van der Waals surface area contributed by atoms with Crippen LogP contribution in [0.1, 0.15) is 12.5 Å². The fourth-order valence-electron chi connectivity index (χ4n) is 3.48. The van der Waals surface area contributed by atoms with Gasteiger partial charge in [-0.25, -0.2) is 9.18 Å². The molecule has 8 heteroatoms. The fraction of sp³-hybridized carbons (Fsp3) is 0.556. The van der Waals surface area contributed by atoms with Crippen LogP contribution in [0.25, 0.3) is 0 Å². The number of carbonyl (C=O) groups is 2. The molecule has 2 aliphatic heterocycles. The van der Waals surface area contributed by atoms with Gasteiger partial charge in [0, 0.05) is 51.4 Å². The highest BCUT2D eigenvalue weighted by Crippen LogP contribution is 2.22. The van der Waals surface area contributed by atoms with Gasteiger partial charge in [-0.15, -0.1) is 0 Å². The van der Waals surface area contributed by atoms with E-state index in [9.17, 15) is 14.0 Å². The molecule has 142 valence electrons. The molecule has 7 nitrogen and oxygen atoms in total. The Balaban J connectivity index is 1.55. The minimum Gasteiger partial charge on any atom is -0.496 e. The SMILES string of the molecule is COc1ccc(F)cc1CN1CCN([C@H](C)C(=O)N2CCNC2=O)CC1. The molecule has 2 fully saturated rings. The highest BCUT2D eigenvalue weighted by Gasteiger charge is 2.33. The van der Waals surface area contributed by atoms with Crippen LogP contribution in [0.2, 0.25) is 0 Å². The predicted molar refractivity (Wildman–Crippen MR) is 94.4 cm³/mol. The van der Waals surface area contributed by atoms with Crippen LogP contribution in [0.4, 0.5) is 9.18 Å². The van der Waals surface area contributed by atoms with Gasteiger partial charge in [-0.3, -0.25) is 19.5 Å². The van der Waals surface area contributed by atoms with Gasteiger partial charge in [0.25, 0.3) is 0 Å². The van der Waals surface area contributed by atoms with E-state index in [2.05, 4.69) is 15.1 Å². The second-order valence-electron chi connectivity index (χ2n) is 6.67. The molecule has 1 N–H and O–H groups in total. The van der Waals surface area contributed by atoms with Crippen molar-refractivity contribution >= 4 is 11.9 Å². The number of carbonyl (C=O) groups excluding carboxylic acids is 2. The number of nitrogens with one attached hydrogen (secondary N) is 1. The summed E-state index contributed by atoms with van der Waals surface area (Å²) < 4.78 is 18.8. The number of halogens is 1. The second-order valence-corrected chi connectivity index (χ2v) is 6.67. The molecule has 0 aliphatic carbocycles. The standard InChI is InChI=1S/C18H25FN4O3/c1-13(17(24)23-6-5-20-18(23)25)22-9-7-21(8-10-22)12-14-11-15(19)3-4-16(14)26-2/h3-4,11,13H,5-10,12H2,1-2H3,(H,20,25)/t13-/m1/s1. The maximum absolute atomic E-state index is 13.5. The zero-order chi connectivity index (χ0) is 18.7. The van der Waals surface area contributed by atoms with Crippen molar-refractivity contribution in [2.75, 3.05) is 46.4 Å². The van der Waals surface area contributed by atoms with Crippen molar-refractivity contribution in [2.45, 2.75) is 19.5 Å². The molecule has 0 spiro atoms. The topological polar surface area (TPSA) is 65.1 Å². The van der Waals surface area contributed by atoms with Crippen molar-refractivity contribution in [1.82, 2.24) is 20.0 Å². The second kappa shape index (κ2) is 8.01. The van der Waals surface area contributed by atoms with Gasteiger partial charge >= 0.3 is 6.03 Å². The molecule has 3 rings (SSSR count). The monoisotopic (exact) mass is 364 g/mol. The maximum atomic E-state index is 13.5. The van der Waals surface area contributed by atoms with Crippen molar-refractivity contribution in [2.24, 2.45) is 0 Å². The van der Waals surface area contributed by atoms with E-state index in [1.54, 1.807) is 13.2 Å². The van der Waals surface area contributed by atoms with E-state index in [-0.39, 0.29) is 23.8 Å². The Morgan fingerprint density at radius 3 is 2.62 bits per heavy atom. The summed E-state index contributed by atoms with van der Waals surface area (Å²) in [5.41, 5.74) is 0.818. The van der Waals surface area contributed by atoms with Crippen LogP contribution in [-0.2, 0) is 11.3 Å². The molecule has 2 aliphatic rings. The minimum absolute atomic E-state index is 0.153. The molecule has 1 aromatic rings. The Morgan fingerprint density at radius 2 is 2.00 bits per heavy atom. The van der Waals surface area contributed by atoms with Crippen LogP contribution in [0, 0.1) is 5.82 Å². The Kier molecular flexibility index (Phi) is 5.73.